The average Bonchev–Trinajstić information content (AvgIpc) is 3.26. The fourth-order valence-corrected chi connectivity index (χ4v) is 3.53. The van der Waals surface area contributed by atoms with Crippen LogP contribution in [0.3, 0.4) is 0 Å². The van der Waals surface area contributed by atoms with Gasteiger partial charge in [-0.25, -0.2) is 4.79 Å². The molecule has 2 aromatic carbocycles. The molecule has 0 fully saturated rings. The summed E-state index contributed by atoms with van der Waals surface area (Å²) in [5.74, 6) is 1.30. The summed E-state index contributed by atoms with van der Waals surface area (Å²) >= 11 is 5.60. The summed E-state index contributed by atoms with van der Waals surface area (Å²) in [5, 5.41) is 8.59. The number of aromatic nitrogens is 3. The number of methoxy groups -OCH3 is 1. The van der Waals surface area contributed by atoms with Crippen molar-refractivity contribution in [3.8, 4) is 28.5 Å². The van der Waals surface area contributed by atoms with Gasteiger partial charge in [0.15, 0.2) is 11.5 Å². The van der Waals surface area contributed by atoms with Crippen molar-refractivity contribution in [3.63, 3.8) is 0 Å². The zero-order chi connectivity index (χ0) is 25.9. The molecule has 0 unspecified atom stereocenters. The van der Waals surface area contributed by atoms with E-state index in [0.717, 1.165) is 17.7 Å². The highest BCUT2D eigenvalue weighted by Gasteiger charge is 2.33. The quantitative estimate of drug-likeness (QED) is 0.301. The van der Waals surface area contributed by atoms with Gasteiger partial charge in [0.25, 0.3) is 0 Å². The Bertz CT molecular complexity index is 1390. The minimum absolute atomic E-state index is 0.0571. The molecule has 0 aliphatic heterocycles. The van der Waals surface area contributed by atoms with Gasteiger partial charge in [-0.15, -0.1) is 0 Å². The number of amides is 2. The highest BCUT2D eigenvalue weighted by Crippen LogP contribution is 2.39. The molecule has 36 heavy (non-hydrogen) atoms. The summed E-state index contributed by atoms with van der Waals surface area (Å²) in [7, 11) is 3.30. The van der Waals surface area contributed by atoms with Crippen LogP contribution in [-0.2, 0) is 13.2 Å². The summed E-state index contributed by atoms with van der Waals surface area (Å²) in [6.07, 6.45) is 0.404. The van der Waals surface area contributed by atoms with Gasteiger partial charge in [-0.1, -0.05) is 11.6 Å². The van der Waals surface area contributed by atoms with E-state index in [2.05, 4.69) is 20.7 Å². The molecule has 2 heterocycles. The Balaban J connectivity index is 1.44. The topological polar surface area (TPSA) is 90.3 Å². The van der Waals surface area contributed by atoms with Gasteiger partial charge in [-0.05, 0) is 42.5 Å². The number of aryl methyl sites for hydroxylation is 1. The van der Waals surface area contributed by atoms with Gasteiger partial charge in [0.2, 0.25) is 0 Å². The number of hydrogen-bond acceptors (Lipinski definition) is 5. The maximum absolute atomic E-state index is 13.0. The predicted octanol–water partition coefficient (Wildman–Crippen LogP) is 6.60. The number of carbonyl (C=O) groups is 1. The van der Waals surface area contributed by atoms with Crippen LogP contribution in [0.15, 0.2) is 67.1 Å². The van der Waals surface area contributed by atoms with E-state index in [1.165, 1.54) is 13.2 Å². The molecule has 12 heteroatoms. The number of alkyl halides is 3. The molecule has 0 aliphatic carbocycles. The Morgan fingerprint density at radius 1 is 1.06 bits per heavy atom. The molecule has 8 nitrogen and oxygen atoms in total. The van der Waals surface area contributed by atoms with Crippen LogP contribution in [0.1, 0.15) is 5.56 Å². The minimum Gasteiger partial charge on any atom is -0.491 e. The van der Waals surface area contributed by atoms with E-state index in [9.17, 15) is 18.0 Å². The lowest BCUT2D eigenvalue weighted by molar-refractivity contribution is -0.137. The molecule has 186 valence electrons. The van der Waals surface area contributed by atoms with E-state index in [4.69, 9.17) is 21.1 Å². The van der Waals surface area contributed by atoms with Crippen LogP contribution in [0.5, 0.6) is 17.2 Å². The van der Waals surface area contributed by atoms with Gasteiger partial charge in [-0.3, -0.25) is 9.67 Å². The van der Waals surface area contributed by atoms with Crippen molar-refractivity contribution >= 4 is 29.0 Å². The molecule has 0 atom stereocenters. The number of nitrogens with zero attached hydrogens (tertiary/aromatic N) is 3. The number of pyridine rings is 1. The maximum Gasteiger partial charge on any atom is 0.417 e. The number of hydrogen-bond donors (Lipinski definition) is 2. The minimum atomic E-state index is -4.64. The van der Waals surface area contributed by atoms with Crippen molar-refractivity contribution in [2.75, 3.05) is 17.7 Å². The van der Waals surface area contributed by atoms with Crippen LogP contribution in [-0.4, -0.2) is 27.9 Å². The fraction of sp³-hybridized carbons (Fsp3) is 0.125. The lowest BCUT2D eigenvalue weighted by atomic mass is 10.2. The molecule has 0 saturated carbocycles. The molecule has 0 aliphatic rings. The molecule has 4 aromatic rings. The van der Waals surface area contributed by atoms with Crippen molar-refractivity contribution in [3.05, 3.63) is 77.7 Å². The molecular formula is C24H19ClF3N5O3. The normalized spacial score (nSPS) is 11.2. The Morgan fingerprint density at radius 2 is 1.75 bits per heavy atom. The number of rotatable bonds is 6. The first-order valence-corrected chi connectivity index (χ1v) is 10.8. The van der Waals surface area contributed by atoms with Gasteiger partial charge < -0.3 is 20.1 Å². The molecule has 0 saturated heterocycles. The Labute approximate surface area is 208 Å². The SMILES string of the molecule is COc1c(Oc2ccc(NC(=O)Nc3ccc(Cl)c(C(F)(F)F)c3)cc2)ccnc1-c1cnn(C)c1. The third-order valence-electron chi connectivity index (χ3n) is 4.92. The van der Waals surface area contributed by atoms with Crippen molar-refractivity contribution in [2.45, 2.75) is 6.18 Å². The Morgan fingerprint density at radius 3 is 2.39 bits per heavy atom. The Hall–Kier alpha value is -4.25. The van der Waals surface area contributed by atoms with Gasteiger partial charge in [0, 0.05) is 42.4 Å². The number of carbonyl (C=O) groups excluding carboxylic acids is 1. The number of benzene rings is 2. The van der Waals surface area contributed by atoms with E-state index < -0.39 is 22.8 Å². The second-order valence-corrected chi connectivity index (χ2v) is 7.90. The average molecular weight is 518 g/mol. The number of halogens is 4. The number of nitrogens with one attached hydrogen (secondary N) is 2. The van der Waals surface area contributed by atoms with Gasteiger partial charge >= 0.3 is 12.2 Å². The van der Waals surface area contributed by atoms with E-state index in [-0.39, 0.29) is 5.69 Å². The van der Waals surface area contributed by atoms with Crippen LogP contribution >= 0.6 is 11.6 Å². The van der Waals surface area contributed by atoms with Crippen molar-refractivity contribution in [2.24, 2.45) is 7.05 Å². The first-order chi connectivity index (χ1) is 17.1. The largest absolute Gasteiger partial charge is 0.491 e. The third-order valence-corrected chi connectivity index (χ3v) is 5.25. The molecule has 4 rings (SSSR count). The fourth-order valence-electron chi connectivity index (χ4n) is 3.30. The summed E-state index contributed by atoms with van der Waals surface area (Å²) in [5.41, 5.74) is 0.616. The first kappa shape index (κ1) is 24.9. The predicted molar refractivity (Wildman–Crippen MR) is 129 cm³/mol. The Kier molecular flexibility index (Phi) is 7.02. The van der Waals surface area contributed by atoms with Crippen molar-refractivity contribution < 1.29 is 27.4 Å². The van der Waals surface area contributed by atoms with Gasteiger partial charge in [-0.2, -0.15) is 18.3 Å². The van der Waals surface area contributed by atoms with Crippen molar-refractivity contribution in [1.82, 2.24) is 14.8 Å². The monoisotopic (exact) mass is 517 g/mol. The maximum atomic E-state index is 13.0. The smallest absolute Gasteiger partial charge is 0.417 e. The highest BCUT2D eigenvalue weighted by atomic mass is 35.5. The third kappa shape index (κ3) is 5.69. The molecule has 2 aromatic heterocycles. The van der Waals surface area contributed by atoms with Crippen LogP contribution in [0.4, 0.5) is 29.3 Å². The number of urea groups is 1. The van der Waals surface area contributed by atoms with Crippen molar-refractivity contribution in [1.29, 1.82) is 0 Å². The standard InChI is InChI=1S/C24H19ClF3N5O3/c1-33-13-14(12-30-33)21-22(35-2)20(9-10-29-21)36-17-6-3-15(4-7-17)31-23(34)32-16-5-8-19(25)18(11-16)24(26,27)28/h3-13H,1-2H3,(H2,31,32,34). The van der Waals surface area contributed by atoms with E-state index in [0.29, 0.717) is 28.6 Å². The molecule has 2 amide bonds. The zero-order valence-corrected chi connectivity index (χ0v) is 19.7. The first-order valence-electron chi connectivity index (χ1n) is 10.4. The molecule has 0 bridgehead atoms. The van der Waals surface area contributed by atoms with E-state index >= 15 is 0 Å². The van der Waals surface area contributed by atoms with E-state index in [1.807, 2.05) is 0 Å². The second kappa shape index (κ2) is 10.2. The summed E-state index contributed by atoms with van der Waals surface area (Å²) in [6, 6.07) is 10.4. The lowest BCUT2D eigenvalue weighted by Gasteiger charge is -2.14. The highest BCUT2D eigenvalue weighted by molar-refractivity contribution is 6.31. The second-order valence-electron chi connectivity index (χ2n) is 7.49. The molecular weight excluding hydrogens is 499 g/mol. The lowest BCUT2D eigenvalue weighted by Crippen LogP contribution is -2.19. The van der Waals surface area contributed by atoms with E-state index in [1.54, 1.807) is 60.7 Å². The molecule has 0 spiro atoms. The zero-order valence-electron chi connectivity index (χ0n) is 18.9. The number of anilines is 2. The van der Waals surface area contributed by atoms with Crippen LogP contribution < -0.4 is 20.1 Å². The molecule has 0 radical (unpaired) electrons. The van der Waals surface area contributed by atoms with Gasteiger partial charge in [0.1, 0.15) is 11.4 Å². The summed E-state index contributed by atoms with van der Waals surface area (Å²) in [6.45, 7) is 0. The number of ether oxygens (including phenoxy) is 2. The molecule has 2 N–H and O–H groups in total. The van der Waals surface area contributed by atoms with Crippen LogP contribution in [0, 0.1) is 0 Å². The van der Waals surface area contributed by atoms with Crippen LogP contribution in [0.2, 0.25) is 5.02 Å². The van der Waals surface area contributed by atoms with Gasteiger partial charge in [0.05, 0.1) is 23.9 Å². The summed E-state index contributed by atoms with van der Waals surface area (Å²) in [4.78, 5) is 16.6. The van der Waals surface area contributed by atoms with Crippen LogP contribution in [0.25, 0.3) is 11.3 Å². The summed E-state index contributed by atoms with van der Waals surface area (Å²) < 4.78 is 52.2.